The molecule has 3 aromatic rings. The van der Waals surface area contributed by atoms with Crippen molar-refractivity contribution < 1.29 is 23.5 Å². The quantitative estimate of drug-likeness (QED) is 0.346. The number of urea groups is 1. The number of nitrogens with zero attached hydrogens (tertiary/aromatic N) is 2. The van der Waals surface area contributed by atoms with Crippen molar-refractivity contribution in [2.75, 3.05) is 6.61 Å². The molecule has 0 spiro atoms. The highest BCUT2D eigenvalue weighted by atomic mass is 19.1. The second kappa shape index (κ2) is 8.73. The molecule has 0 bridgehead atoms. The SMILES string of the molecule is O=C(NO)[N+]1(Cc2ccc(F)cc2F)C=C(COCc2ccccc2)c2ccncc21. The Balaban J connectivity index is 1.68. The Hall–Kier alpha value is -3.46. The standard InChI is InChI=1S/C23H19F2N3O3/c24-19-7-6-17(21(25)10-19)12-28(23(29)27-30)13-18(20-8-9-26-11-22(20)28)15-31-14-16-4-2-1-3-5-16/h1-11,13H,12,14-15H2,(H-,27,29,30)/p+1. The average molecular weight is 424 g/mol. The summed E-state index contributed by atoms with van der Waals surface area (Å²) in [7, 11) is 0. The number of quaternary nitrogens is 1. The van der Waals surface area contributed by atoms with E-state index in [0.717, 1.165) is 17.7 Å². The number of rotatable bonds is 6. The fraction of sp³-hybridized carbons (Fsp3) is 0.130. The summed E-state index contributed by atoms with van der Waals surface area (Å²) in [5.41, 5.74) is 4.63. The van der Waals surface area contributed by atoms with Gasteiger partial charge in [0.25, 0.3) is 0 Å². The van der Waals surface area contributed by atoms with E-state index in [9.17, 15) is 18.8 Å². The monoisotopic (exact) mass is 424 g/mol. The lowest BCUT2D eigenvalue weighted by molar-refractivity contribution is 0.139. The van der Waals surface area contributed by atoms with E-state index in [0.29, 0.717) is 23.4 Å². The van der Waals surface area contributed by atoms with Gasteiger partial charge < -0.3 is 4.74 Å². The second-order valence-electron chi connectivity index (χ2n) is 7.21. The minimum atomic E-state index is -0.795. The van der Waals surface area contributed by atoms with Crippen LogP contribution in [-0.2, 0) is 17.9 Å². The molecule has 1 aromatic heterocycles. The third kappa shape index (κ3) is 4.09. The molecule has 4 rings (SSSR count). The number of aromatic nitrogens is 1. The van der Waals surface area contributed by atoms with Crippen LogP contribution in [0.25, 0.3) is 5.57 Å². The molecule has 158 valence electrons. The van der Waals surface area contributed by atoms with Gasteiger partial charge in [-0.2, -0.15) is 9.96 Å². The zero-order valence-electron chi connectivity index (χ0n) is 16.5. The van der Waals surface area contributed by atoms with Gasteiger partial charge in [-0.1, -0.05) is 30.3 Å². The van der Waals surface area contributed by atoms with Crippen molar-refractivity contribution in [1.82, 2.24) is 14.9 Å². The number of halogens is 2. The first-order chi connectivity index (χ1) is 15.0. The van der Waals surface area contributed by atoms with Crippen LogP contribution in [0.2, 0.25) is 0 Å². The van der Waals surface area contributed by atoms with Gasteiger partial charge in [0.1, 0.15) is 24.4 Å². The van der Waals surface area contributed by atoms with E-state index in [4.69, 9.17) is 4.74 Å². The van der Waals surface area contributed by atoms with Crippen LogP contribution in [0.15, 0.2) is 73.2 Å². The zero-order valence-corrected chi connectivity index (χ0v) is 16.5. The number of amides is 2. The van der Waals surface area contributed by atoms with E-state index in [1.807, 2.05) is 30.3 Å². The van der Waals surface area contributed by atoms with Crippen LogP contribution in [0.5, 0.6) is 0 Å². The number of pyridine rings is 1. The van der Waals surface area contributed by atoms with Gasteiger partial charge in [0.15, 0.2) is 5.69 Å². The highest BCUT2D eigenvalue weighted by Crippen LogP contribution is 2.42. The molecule has 2 aromatic carbocycles. The lowest BCUT2D eigenvalue weighted by Crippen LogP contribution is -2.52. The van der Waals surface area contributed by atoms with Crippen molar-refractivity contribution in [3.63, 3.8) is 0 Å². The Bertz CT molecular complexity index is 1140. The topological polar surface area (TPSA) is 71.5 Å². The maximum absolute atomic E-state index is 14.4. The van der Waals surface area contributed by atoms with Crippen LogP contribution in [0.3, 0.4) is 0 Å². The van der Waals surface area contributed by atoms with Gasteiger partial charge in [-0.05, 0) is 23.8 Å². The number of carbonyl (C=O) groups excluding carboxylic acids is 1. The molecule has 2 heterocycles. The predicted octanol–water partition coefficient (Wildman–Crippen LogP) is 4.54. The Morgan fingerprint density at radius 2 is 1.90 bits per heavy atom. The van der Waals surface area contributed by atoms with Crippen molar-refractivity contribution in [1.29, 1.82) is 0 Å². The summed E-state index contributed by atoms with van der Waals surface area (Å²) in [5, 5.41) is 9.44. The fourth-order valence-corrected chi connectivity index (χ4v) is 3.73. The van der Waals surface area contributed by atoms with E-state index in [1.54, 1.807) is 23.9 Å². The number of hydrogen-bond acceptors (Lipinski definition) is 4. The van der Waals surface area contributed by atoms with E-state index < -0.39 is 22.1 Å². The molecule has 2 amide bonds. The summed E-state index contributed by atoms with van der Waals surface area (Å²) in [6.45, 7) is 0.382. The van der Waals surface area contributed by atoms with Crippen LogP contribution in [0.1, 0.15) is 16.7 Å². The maximum Gasteiger partial charge on any atom is 0.450 e. The number of nitrogens with one attached hydrogen (secondary N) is 1. The van der Waals surface area contributed by atoms with Crippen molar-refractivity contribution in [3.8, 4) is 0 Å². The Morgan fingerprint density at radius 3 is 2.65 bits per heavy atom. The van der Waals surface area contributed by atoms with Gasteiger partial charge in [0.05, 0.1) is 25.0 Å². The number of hydrogen-bond donors (Lipinski definition) is 2. The van der Waals surface area contributed by atoms with Gasteiger partial charge in [-0.3, -0.25) is 10.2 Å². The van der Waals surface area contributed by atoms with E-state index in [2.05, 4.69) is 4.98 Å². The van der Waals surface area contributed by atoms with Crippen molar-refractivity contribution in [3.05, 3.63) is 102 Å². The highest BCUT2D eigenvalue weighted by molar-refractivity contribution is 5.97. The minimum Gasteiger partial charge on any atom is -0.372 e. The third-order valence-corrected chi connectivity index (χ3v) is 5.21. The Morgan fingerprint density at radius 1 is 1.10 bits per heavy atom. The number of carbonyl (C=O) groups is 1. The lowest BCUT2D eigenvalue weighted by atomic mass is 10.1. The van der Waals surface area contributed by atoms with Crippen molar-refractivity contribution in [2.45, 2.75) is 13.2 Å². The third-order valence-electron chi connectivity index (χ3n) is 5.21. The summed E-state index contributed by atoms with van der Waals surface area (Å²) in [6.07, 6.45) is 4.68. The molecule has 0 radical (unpaired) electrons. The fourth-order valence-electron chi connectivity index (χ4n) is 3.73. The average Bonchev–Trinajstić information content (AvgIpc) is 3.10. The molecule has 2 N–H and O–H groups in total. The van der Waals surface area contributed by atoms with E-state index in [1.165, 1.54) is 12.3 Å². The van der Waals surface area contributed by atoms with Gasteiger partial charge in [0, 0.05) is 23.4 Å². The summed E-state index contributed by atoms with van der Waals surface area (Å²) in [5.74, 6) is -1.50. The van der Waals surface area contributed by atoms with Gasteiger partial charge >= 0.3 is 6.03 Å². The molecule has 0 saturated carbocycles. The lowest BCUT2D eigenvalue weighted by Gasteiger charge is -2.28. The predicted molar refractivity (Wildman–Crippen MR) is 110 cm³/mol. The maximum atomic E-state index is 14.4. The Labute approximate surface area is 177 Å². The zero-order chi connectivity index (χ0) is 21.8. The molecular formula is C23H20F2N3O3+. The summed E-state index contributed by atoms with van der Waals surface area (Å²) in [6, 6.07) is 13.7. The second-order valence-corrected chi connectivity index (χ2v) is 7.21. The van der Waals surface area contributed by atoms with Crippen LogP contribution >= 0.6 is 0 Å². The molecule has 1 unspecified atom stereocenters. The van der Waals surface area contributed by atoms with Gasteiger partial charge in [-0.15, -0.1) is 0 Å². The van der Waals surface area contributed by atoms with Crippen LogP contribution in [0.4, 0.5) is 19.3 Å². The van der Waals surface area contributed by atoms with Gasteiger partial charge in [-0.25, -0.2) is 13.6 Å². The molecule has 31 heavy (non-hydrogen) atoms. The number of fused-ring (bicyclic) bond motifs is 1. The van der Waals surface area contributed by atoms with E-state index >= 15 is 0 Å². The van der Waals surface area contributed by atoms with E-state index in [-0.39, 0.29) is 18.7 Å². The van der Waals surface area contributed by atoms with Crippen LogP contribution in [0, 0.1) is 11.6 Å². The number of hydroxylamine groups is 1. The molecule has 6 nitrogen and oxygen atoms in total. The molecule has 1 aliphatic rings. The minimum absolute atomic E-state index is 0.113. The summed E-state index contributed by atoms with van der Waals surface area (Å²) in [4.78, 5) is 16.9. The first kappa shape index (κ1) is 20.8. The first-order valence-electron chi connectivity index (χ1n) is 9.58. The summed E-state index contributed by atoms with van der Waals surface area (Å²) >= 11 is 0. The molecule has 1 aliphatic heterocycles. The highest BCUT2D eigenvalue weighted by Gasteiger charge is 2.46. The van der Waals surface area contributed by atoms with Crippen molar-refractivity contribution >= 4 is 17.3 Å². The smallest absolute Gasteiger partial charge is 0.372 e. The number of ether oxygens (including phenoxy) is 1. The van der Waals surface area contributed by atoms with Crippen LogP contribution in [-0.4, -0.2) is 22.8 Å². The van der Waals surface area contributed by atoms with Crippen LogP contribution < -0.4 is 9.96 Å². The summed E-state index contributed by atoms with van der Waals surface area (Å²) < 4.78 is 33.0. The van der Waals surface area contributed by atoms with Gasteiger partial charge in [0.2, 0.25) is 0 Å². The molecule has 0 saturated heterocycles. The number of benzene rings is 2. The molecule has 1 atom stereocenters. The molecule has 8 heteroatoms. The molecular weight excluding hydrogens is 404 g/mol. The molecule has 0 fully saturated rings. The normalized spacial score (nSPS) is 17.2. The molecule has 0 aliphatic carbocycles. The first-order valence-corrected chi connectivity index (χ1v) is 9.58. The largest absolute Gasteiger partial charge is 0.450 e. The Kier molecular flexibility index (Phi) is 5.85. The van der Waals surface area contributed by atoms with Crippen molar-refractivity contribution in [2.24, 2.45) is 0 Å².